The van der Waals surface area contributed by atoms with Crippen LogP contribution in [0.2, 0.25) is 0 Å². The lowest BCUT2D eigenvalue weighted by molar-refractivity contribution is 0.0590. The largest absolute Gasteiger partial charge is 0.465 e. The molecule has 0 aliphatic rings. The van der Waals surface area contributed by atoms with Crippen LogP contribution in [0.1, 0.15) is 15.9 Å². The van der Waals surface area contributed by atoms with Gasteiger partial charge in [-0.2, -0.15) is 0 Å². The van der Waals surface area contributed by atoms with Crippen LogP contribution in [0.3, 0.4) is 0 Å². The van der Waals surface area contributed by atoms with Crippen LogP contribution in [-0.4, -0.2) is 27.8 Å². The Morgan fingerprint density at radius 1 is 1.38 bits per heavy atom. The maximum Gasteiger partial charge on any atom is 0.342 e. The number of halogens is 1. The first-order valence-electron chi connectivity index (χ1n) is 4.36. The monoisotopic (exact) mass is 246 g/mol. The van der Waals surface area contributed by atoms with Crippen LogP contribution < -0.4 is 0 Å². The Bertz CT molecular complexity index is 534. The summed E-state index contributed by atoms with van der Waals surface area (Å²) in [5, 5.41) is 0. The van der Waals surface area contributed by atoms with E-state index in [1.54, 1.807) is 6.92 Å². The molecule has 0 unspecified atom stereocenters. The third-order valence-corrected chi connectivity index (χ3v) is 3.11. The minimum Gasteiger partial charge on any atom is -0.465 e. The molecule has 0 bridgehead atoms. The lowest BCUT2D eigenvalue weighted by Crippen LogP contribution is -2.12. The van der Waals surface area contributed by atoms with Crippen molar-refractivity contribution in [1.82, 2.24) is 0 Å². The van der Waals surface area contributed by atoms with Crippen molar-refractivity contribution in [1.29, 1.82) is 0 Å². The van der Waals surface area contributed by atoms with Crippen molar-refractivity contribution in [3.05, 3.63) is 29.1 Å². The number of sulfone groups is 1. The summed E-state index contributed by atoms with van der Waals surface area (Å²) in [4.78, 5) is 10.9. The maximum absolute atomic E-state index is 13.5. The van der Waals surface area contributed by atoms with Gasteiger partial charge in [0.05, 0.1) is 12.0 Å². The Balaban J connectivity index is 3.64. The Labute approximate surface area is 93.0 Å². The molecule has 0 aliphatic heterocycles. The van der Waals surface area contributed by atoms with E-state index in [-0.39, 0.29) is 4.90 Å². The third kappa shape index (κ3) is 2.38. The zero-order valence-corrected chi connectivity index (χ0v) is 9.89. The van der Waals surface area contributed by atoms with Gasteiger partial charge >= 0.3 is 5.97 Å². The molecule has 0 saturated carbocycles. The summed E-state index contributed by atoms with van der Waals surface area (Å²) < 4.78 is 40.7. The molecule has 88 valence electrons. The smallest absolute Gasteiger partial charge is 0.342 e. The summed E-state index contributed by atoms with van der Waals surface area (Å²) in [6, 6.07) is 2.33. The molecule has 0 radical (unpaired) electrons. The molecule has 1 rings (SSSR count). The minimum atomic E-state index is -3.67. The number of rotatable bonds is 2. The van der Waals surface area contributed by atoms with Gasteiger partial charge in [0.15, 0.2) is 9.84 Å². The zero-order valence-electron chi connectivity index (χ0n) is 9.07. The fraction of sp³-hybridized carbons (Fsp3) is 0.300. The average molecular weight is 246 g/mol. The van der Waals surface area contributed by atoms with Gasteiger partial charge in [0.25, 0.3) is 0 Å². The topological polar surface area (TPSA) is 60.4 Å². The molecule has 0 aliphatic carbocycles. The van der Waals surface area contributed by atoms with E-state index in [1.807, 2.05) is 0 Å². The van der Waals surface area contributed by atoms with Crippen LogP contribution in [0.25, 0.3) is 0 Å². The number of carbonyl (C=O) groups is 1. The molecule has 1 aromatic carbocycles. The number of ether oxygens (including phenoxy) is 1. The molecule has 0 heterocycles. The SMILES string of the molecule is COC(=O)c1c(F)cc(C)cc1S(C)(=O)=O. The Morgan fingerprint density at radius 3 is 2.38 bits per heavy atom. The highest BCUT2D eigenvalue weighted by Crippen LogP contribution is 2.21. The molecule has 6 heteroatoms. The van der Waals surface area contributed by atoms with Crippen LogP contribution in [-0.2, 0) is 14.6 Å². The van der Waals surface area contributed by atoms with Crippen LogP contribution >= 0.6 is 0 Å². The molecule has 1 aromatic rings. The Hall–Kier alpha value is -1.43. The molecule has 0 amide bonds. The molecule has 0 atom stereocenters. The quantitative estimate of drug-likeness (QED) is 0.738. The second-order valence-corrected chi connectivity index (χ2v) is 5.37. The van der Waals surface area contributed by atoms with Gasteiger partial charge in [0.2, 0.25) is 0 Å². The van der Waals surface area contributed by atoms with E-state index in [2.05, 4.69) is 4.74 Å². The predicted octanol–water partition coefficient (Wildman–Crippen LogP) is 1.32. The zero-order chi connectivity index (χ0) is 12.5. The number of aryl methyl sites for hydroxylation is 1. The first-order chi connectivity index (χ1) is 7.27. The fourth-order valence-electron chi connectivity index (χ4n) is 1.30. The fourth-order valence-corrected chi connectivity index (χ4v) is 2.25. The highest BCUT2D eigenvalue weighted by molar-refractivity contribution is 7.90. The van der Waals surface area contributed by atoms with Gasteiger partial charge in [0, 0.05) is 6.26 Å². The number of carbonyl (C=O) groups excluding carboxylic acids is 1. The van der Waals surface area contributed by atoms with E-state index in [0.717, 1.165) is 19.4 Å². The van der Waals surface area contributed by atoms with Crippen molar-refractivity contribution in [2.45, 2.75) is 11.8 Å². The second-order valence-electron chi connectivity index (χ2n) is 3.38. The van der Waals surface area contributed by atoms with Crippen LogP contribution in [0.4, 0.5) is 4.39 Å². The first-order valence-corrected chi connectivity index (χ1v) is 6.25. The second kappa shape index (κ2) is 4.21. The van der Waals surface area contributed by atoms with Crippen LogP contribution in [0.15, 0.2) is 17.0 Å². The highest BCUT2D eigenvalue weighted by atomic mass is 32.2. The van der Waals surface area contributed by atoms with Crippen molar-refractivity contribution in [2.24, 2.45) is 0 Å². The number of hydrogen-bond donors (Lipinski definition) is 0. The highest BCUT2D eigenvalue weighted by Gasteiger charge is 2.24. The summed E-state index contributed by atoms with van der Waals surface area (Å²) in [5.74, 6) is -1.90. The molecule has 0 aromatic heterocycles. The Morgan fingerprint density at radius 2 is 1.94 bits per heavy atom. The number of esters is 1. The molecular weight excluding hydrogens is 235 g/mol. The van der Waals surface area contributed by atoms with E-state index in [4.69, 9.17) is 0 Å². The van der Waals surface area contributed by atoms with Crippen molar-refractivity contribution < 1.29 is 22.3 Å². The lowest BCUT2D eigenvalue weighted by atomic mass is 10.1. The van der Waals surface area contributed by atoms with E-state index in [0.29, 0.717) is 5.56 Å². The molecule has 0 N–H and O–H groups in total. The van der Waals surface area contributed by atoms with Crippen molar-refractivity contribution >= 4 is 15.8 Å². The van der Waals surface area contributed by atoms with Crippen molar-refractivity contribution in [2.75, 3.05) is 13.4 Å². The summed E-state index contributed by atoms with van der Waals surface area (Å²) in [7, 11) is -2.61. The van der Waals surface area contributed by atoms with E-state index < -0.39 is 27.2 Å². The van der Waals surface area contributed by atoms with Gasteiger partial charge in [-0.15, -0.1) is 0 Å². The number of methoxy groups -OCH3 is 1. The lowest BCUT2D eigenvalue weighted by Gasteiger charge is -2.08. The van der Waals surface area contributed by atoms with E-state index in [1.165, 1.54) is 6.07 Å². The van der Waals surface area contributed by atoms with Gasteiger partial charge in [-0.05, 0) is 24.6 Å². The molecular formula is C10H11FO4S. The average Bonchev–Trinajstić information content (AvgIpc) is 2.14. The summed E-state index contributed by atoms with van der Waals surface area (Å²) >= 11 is 0. The molecule has 16 heavy (non-hydrogen) atoms. The van der Waals surface area contributed by atoms with Gasteiger partial charge in [0.1, 0.15) is 11.4 Å². The Kier molecular flexibility index (Phi) is 3.32. The van der Waals surface area contributed by atoms with Crippen molar-refractivity contribution in [3.8, 4) is 0 Å². The molecule has 4 nitrogen and oxygen atoms in total. The van der Waals surface area contributed by atoms with Crippen molar-refractivity contribution in [3.63, 3.8) is 0 Å². The normalized spacial score (nSPS) is 11.2. The van der Waals surface area contributed by atoms with Gasteiger partial charge in [-0.1, -0.05) is 0 Å². The van der Waals surface area contributed by atoms with Crippen LogP contribution in [0, 0.1) is 12.7 Å². The summed E-state index contributed by atoms with van der Waals surface area (Å²) in [5.41, 5.74) is -0.124. The molecule has 0 spiro atoms. The van der Waals surface area contributed by atoms with Gasteiger partial charge < -0.3 is 4.74 Å². The summed E-state index contributed by atoms with van der Waals surface area (Å²) in [6.07, 6.45) is 0.910. The molecule has 0 saturated heterocycles. The molecule has 0 fully saturated rings. The van der Waals surface area contributed by atoms with E-state index >= 15 is 0 Å². The maximum atomic E-state index is 13.5. The summed E-state index contributed by atoms with van der Waals surface area (Å²) in [6.45, 7) is 1.54. The van der Waals surface area contributed by atoms with Crippen LogP contribution in [0.5, 0.6) is 0 Å². The number of hydrogen-bond acceptors (Lipinski definition) is 4. The van der Waals surface area contributed by atoms with Gasteiger partial charge in [-0.3, -0.25) is 0 Å². The first kappa shape index (κ1) is 12.6. The van der Waals surface area contributed by atoms with E-state index in [9.17, 15) is 17.6 Å². The van der Waals surface area contributed by atoms with Gasteiger partial charge in [-0.25, -0.2) is 17.6 Å². The number of benzene rings is 1. The minimum absolute atomic E-state index is 0.350. The predicted molar refractivity (Wildman–Crippen MR) is 55.6 cm³/mol. The third-order valence-electron chi connectivity index (χ3n) is 1.99. The standard InChI is InChI=1S/C10H11FO4S/c1-6-4-7(11)9(10(12)15-2)8(5-6)16(3,13)14/h4-5H,1-3H3.